The molecule has 2 aliphatic rings. The largest absolute Gasteiger partial charge is 0.338 e. The molecule has 0 N–H and O–H groups in total. The molecular weight excluding hydrogens is 446 g/mol. The molecule has 0 unspecified atom stereocenters. The molecule has 1 aliphatic carbocycles. The van der Waals surface area contributed by atoms with Gasteiger partial charge in [0.2, 0.25) is 5.91 Å². The SMILES string of the molecule is CCc1ccc(-n2c(=O)c3c4c(sc3n(CC(=O)N3CCCC[C@@H]3CC)c2=O)CCCC4)cc1. The predicted octanol–water partition coefficient (Wildman–Crippen LogP) is 4.45. The lowest BCUT2D eigenvalue weighted by Gasteiger charge is -2.35. The average molecular weight is 480 g/mol. The number of fused-ring (bicyclic) bond motifs is 3. The molecule has 1 aliphatic heterocycles. The number of thiophene rings is 1. The van der Waals surface area contributed by atoms with Crippen molar-refractivity contribution in [2.24, 2.45) is 0 Å². The van der Waals surface area contributed by atoms with Gasteiger partial charge >= 0.3 is 5.69 Å². The number of aromatic nitrogens is 2. The fourth-order valence-corrected chi connectivity index (χ4v) is 6.97. The van der Waals surface area contributed by atoms with Gasteiger partial charge in [-0.2, -0.15) is 0 Å². The van der Waals surface area contributed by atoms with Crippen molar-refractivity contribution in [3.05, 3.63) is 61.1 Å². The van der Waals surface area contributed by atoms with Gasteiger partial charge in [0, 0.05) is 17.5 Å². The number of likely N-dealkylation sites (tertiary alicyclic amines) is 1. The zero-order valence-corrected chi connectivity index (χ0v) is 21.0. The molecule has 1 fully saturated rings. The quantitative estimate of drug-likeness (QED) is 0.543. The van der Waals surface area contributed by atoms with Gasteiger partial charge in [-0.15, -0.1) is 11.3 Å². The summed E-state index contributed by atoms with van der Waals surface area (Å²) in [6.07, 6.45) is 8.91. The molecule has 1 saturated heterocycles. The number of hydrogen-bond donors (Lipinski definition) is 0. The van der Waals surface area contributed by atoms with E-state index in [1.165, 1.54) is 20.8 Å². The lowest BCUT2D eigenvalue weighted by atomic mass is 9.97. The zero-order valence-electron chi connectivity index (χ0n) is 20.1. The second-order valence-electron chi connectivity index (χ2n) is 9.57. The smallest absolute Gasteiger partial charge is 0.337 e. The van der Waals surface area contributed by atoms with Crippen molar-refractivity contribution in [1.82, 2.24) is 14.0 Å². The topological polar surface area (TPSA) is 64.3 Å². The van der Waals surface area contributed by atoms with Crippen molar-refractivity contribution in [2.75, 3.05) is 6.54 Å². The second-order valence-corrected chi connectivity index (χ2v) is 10.6. The van der Waals surface area contributed by atoms with Crippen LogP contribution in [0.3, 0.4) is 0 Å². The first-order valence-corrected chi connectivity index (χ1v) is 13.5. The molecule has 0 spiro atoms. The van der Waals surface area contributed by atoms with E-state index in [2.05, 4.69) is 13.8 Å². The highest BCUT2D eigenvalue weighted by molar-refractivity contribution is 7.18. The summed E-state index contributed by atoms with van der Waals surface area (Å²) in [5.74, 6) is -0.0205. The first-order chi connectivity index (χ1) is 16.5. The Labute approximate surface area is 203 Å². The van der Waals surface area contributed by atoms with Crippen LogP contribution in [0.2, 0.25) is 0 Å². The molecule has 3 heterocycles. The number of aryl methyl sites for hydroxylation is 3. The molecule has 1 aromatic carbocycles. The Morgan fingerprint density at radius 3 is 2.53 bits per heavy atom. The van der Waals surface area contributed by atoms with Crippen LogP contribution in [0.1, 0.15) is 68.4 Å². The summed E-state index contributed by atoms with van der Waals surface area (Å²) >= 11 is 1.54. The Kier molecular flexibility index (Phi) is 6.47. The molecule has 1 atom stereocenters. The molecule has 34 heavy (non-hydrogen) atoms. The maximum Gasteiger partial charge on any atom is 0.337 e. The van der Waals surface area contributed by atoms with E-state index < -0.39 is 5.69 Å². The third kappa shape index (κ3) is 3.94. The van der Waals surface area contributed by atoms with Gasteiger partial charge in [0.15, 0.2) is 0 Å². The normalized spacial score (nSPS) is 18.3. The van der Waals surface area contributed by atoms with Gasteiger partial charge in [0.1, 0.15) is 11.4 Å². The molecule has 1 amide bonds. The van der Waals surface area contributed by atoms with Crippen LogP contribution in [0.5, 0.6) is 0 Å². The third-order valence-corrected chi connectivity index (χ3v) is 8.87. The number of piperidine rings is 1. The van der Waals surface area contributed by atoms with Crippen molar-refractivity contribution in [1.29, 1.82) is 0 Å². The lowest BCUT2D eigenvalue weighted by Crippen LogP contribution is -2.47. The van der Waals surface area contributed by atoms with E-state index in [0.29, 0.717) is 15.9 Å². The van der Waals surface area contributed by atoms with E-state index in [9.17, 15) is 14.4 Å². The summed E-state index contributed by atoms with van der Waals surface area (Å²) in [6, 6.07) is 7.84. The number of carbonyl (C=O) groups is 1. The summed E-state index contributed by atoms with van der Waals surface area (Å²) in [4.78, 5) is 44.8. The summed E-state index contributed by atoms with van der Waals surface area (Å²) in [5, 5.41) is 0.636. The third-order valence-electron chi connectivity index (χ3n) is 7.55. The van der Waals surface area contributed by atoms with Crippen molar-refractivity contribution < 1.29 is 4.79 Å². The van der Waals surface area contributed by atoms with E-state index in [1.807, 2.05) is 29.2 Å². The zero-order chi connectivity index (χ0) is 23.8. The fourth-order valence-electron chi connectivity index (χ4n) is 5.60. The van der Waals surface area contributed by atoms with Gasteiger partial charge in [-0.05, 0) is 81.0 Å². The predicted molar refractivity (Wildman–Crippen MR) is 137 cm³/mol. The van der Waals surface area contributed by atoms with Gasteiger partial charge in [0.05, 0.1) is 11.1 Å². The first kappa shape index (κ1) is 23.1. The first-order valence-electron chi connectivity index (χ1n) is 12.7. The standard InChI is InChI=1S/C27H33N3O3S/c1-3-18-12-14-20(15-13-18)30-25(32)24-21-10-5-6-11-22(21)34-26(24)29(27(30)33)17-23(31)28-16-8-7-9-19(28)4-2/h12-15,19H,3-11,16-17H2,1-2H3/t19-/m0/s1. The second kappa shape index (κ2) is 9.53. The molecule has 5 rings (SSSR count). The summed E-state index contributed by atoms with van der Waals surface area (Å²) in [7, 11) is 0. The fraction of sp³-hybridized carbons (Fsp3) is 0.519. The van der Waals surface area contributed by atoms with E-state index in [4.69, 9.17) is 0 Å². The number of benzene rings is 1. The molecule has 2 aromatic heterocycles. The van der Waals surface area contributed by atoms with Crippen molar-refractivity contribution in [3.8, 4) is 5.69 Å². The highest BCUT2D eigenvalue weighted by atomic mass is 32.1. The Balaban J connectivity index is 1.68. The molecule has 0 saturated carbocycles. The molecule has 7 heteroatoms. The monoisotopic (exact) mass is 479 g/mol. The van der Waals surface area contributed by atoms with E-state index in [0.717, 1.165) is 75.5 Å². The number of hydrogen-bond acceptors (Lipinski definition) is 4. The van der Waals surface area contributed by atoms with Crippen molar-refractivity contribution >= 4 is 27.5 Å². The lowest BCUT2D eigenvalue weighted by molar-refractivity contribution is -0.135. The number of carbonyl (C=O) groups excluding carboxylic acids is 1. The average Bonchev–Trinajstić information content (AvgIpc) is 3.26. The Morgan fingerprint density at radius 1 is 1.03 bits per heavy atom. The summed E-state index contributed by atoms with van der Waals surface area (Å²) in [6.45, 7) is 4.93. The number of rotatable bonds is 5. The van der Waals surface area contributed by atoms with Crippen molar-refractivity contribution in [2.45, 2.75) is 84.2 Å². The highest BCUT2D eigenvalue weighted by Crippen LogP contribution is 2.34. The van der Waals surface area contributed by atoms with Gasteiger partial charge < -0.3 is 4.90 Å². The summed E-state index contributed by atoms with van der Waals surface area (Å²) in [5.41, 5.74) is 2.13. The van der Waals surface area contributed by atoms with Crippen LogP contribution in [0.4, 0.5) is 0 Å². The van der Waals surface area contributed by atoms with E-state index >= 15 is 0 Å². The van der Waals surface area contributed by atoms with Crippen molar-refractivity contribution in [3.63, 3.8) is 0 Å². The molecule has 3 aromatic rings. The summed E-state index contributed by atoms with van der Waals surface area (Å²) < 4.78 is 2.86. The van der Waals surface area contributed by atoms with E-state index in [-0.39, 0.29) is 24.1 Å². The van der Waals surface area contributed by atoms with Crippen LogP contribution < -0.4 is 11.2 Å². The van der Waals surface area contributed by atoms with Crippen LogP contribution in [0.15, 0.2) is 33.9 Å². The minimum absolute atomic E-state index is 0.0153. The molecule has 6 nitrogen and oxygen atoms in total. The van der Waals surface area contributed by atoms with E-state index in [1.54, 1.807) is 4.57 Å². The Bertz CT molecular complexity index is 1330. The Hall–Kier alpha value is -2.67. The van der Waals surface area contributed by atoms with Crippen LogP contribution in [-0.4, -0.2) is 32.5 Å². The van der Waals surface area contributed by atoms with Crippen LogP contribution in [0.25, 0.3) is 15.9 Å². The van der Waals surface area contributed by atoms with Gasteiger partial charge in [-0.25, -0.2) is 9.36 Å². The van der Waals surface area contributed by atoms with Gasteiger partial charge in [-0.1, -0.05) is 26.0 Å². The molecular formula is C27H33N3O3S. The maximum absolute atomic E-state index is 13.8. The minimum atomic E-state index is -0.418. The number of nitrogens with zero attached hydrogens (tertiary/aromatic N) is 3. The number of amides is 1. The molecule has 0 bridgehead atoms. The highest BCUT2D eigenvalue weighted by Gasteiger charge is 2.29. The van der Waals surface area contributed by atoms with Crippen LogP contribution in [-0.2, 0) is 30.6 Å². The van der Waals surface area contributed by atoms with Crippen LogP contribution >= 0.6 is 11.3 Å². The maximum atomic E-state index is 13.8. The Morgan fingerprint density at radius 2 is 1.79 bits per heavy atom. The molecule has 180 valence electrons. The minimum Gasteiger partial charge on any atom is -0.338 e. The van der Waals surface area contributed by atoms with Gasteiger partial charge in [0.25, 0.3) is 5.56 Å². The van der Waals surface area contributed by atoms with Crippen LogP contribution in [0, 0.1) is 0 Å². The molecule has 0 radical (unpaired) electrons. The van der Waals surface area contributed by atoms with Gasteiger partial charge in [-0.3, -0.25) is 14.2 Å².